The Balaban J connectivity index is 1.72. The van der Waals surface area contributed by atoms with Crippen molar-refractivity contribution in [2.45, 2.75) is 36.3 Å². The molecule has 10 heteroatoms. The molecular formula is C19H18F4N2O3S. The molecule has 1 heterocycles. The van der Waals surface area contributed by atoms with Gasteiger partial charge in [-0.3, -0.25) is 4.79 Å². The smallest absolute Gasteiger partial charge is 0.380 e. The summed E-state index contributed by atoms with van der Waals surface area (Å²) in [4.78, 5) is 12.3. The lowest BCUT2D eigenvalue weighted by Crippen LogP contribution is -2.24. The predicted molar refractivity (Wildman–Crippen MR) is 98.1 cm³/mol. The lowest BCUT2D eigenvalue weighted by Gasteiger charge is -2.16. The number of alkyl halides is 3. The number of carbonyl (C=O) groups is 1. The van der Waals surface area contributed by atoms with Gasteiger partial charge in [-0.2, -0.15) is 13.2 Å². The Labute approximate surface area is 165 Å². The van der Waals surface area contributed by atoms with Gasteiger partial charge in [0.05, 0.1) is 5.69 Å². The van der Waals surface area contributed by atoms with Gasteiger partial charge >= 0.3 is 5.51 Å². The number of sulfone groups is 1. The van der Waals surface area contributed by atoms with E-state index in [1.54, 1.807) is 29.2 Å². The predicted octanol–water partition coefficient (Wildman–Crippen LogP) is 3.85. The first-order chi connectivity index (χ1) is 13.6. The number of carbonyl (C=O) groups excluding carboxylic acids is 1. The average Bonchev–Trinajstić information content (AvgIpc) is 3.05. The molecule has 1 N–H and O–H groups in total. The van der Waals surface area contributed by atoms with Crippen molar-refractivity contribution in [2.24, 2.45) is 0 Å². The molecule has 3 rings (SSSR count). The molecule has 0 bridgehead atoms. The van der Waals surface area contributed by atoms with Crippen molar-refractivity contribution in [3.8, 4) is 0 Å². The van der Waals surface area contributed by atoms with Crippen molar-refractivity contribution in [2.75, 3.05) is 11.9 Å². The fourth-order valence-corrected chi connectivity index (χ4v) is 3.99. The summed E-state index contributed by atoms with van der Waals surface area (Å²) in [7, 11) is -5.70. The van der Waals surface area contributed by atoms with Gasteiger partial charge in [-0.1, -0.05) is 24.3 Å². The summed E-state index contributed by atoms with van der Waals surface area (Å²) in [6, 6.07) is 9.23. The monoisotopic (exact) mass is 430 g/mol. The van der Waals surface area contributed by atoms with E-state index >= 15 is 0 Å². The van der Waals surface area contributed by atoms with Crippen LogP contribution < -0.4 is 5.32 Å². The van der Waals surface area contributed by atoms with Crippen molar-refractivity contribution < 1.29 is 30.8 Å². The molecule has 0 saturated carbocycles. The van der Waals surface area contributed by atoms with Crippen molar-refractivity contribution in [1.82, 2.24) is 4.90 Å². The fraction of sp³-hybridized carbons (Fsp3) is 0.316. The van der Waals surface area contributed by atoms with Crippen LogP contribution >= 0.6 is 0 Å². The molecule has 0 aromatic heterocycles. The minimum atomic E-state index is -5.70. The van der Waals surface area contributed by atoms with Gasteiger partial charge in [-0.05, 0) is 35.7 Å². The maximum atomic E-state index is 13.4. The number of hydrogen-bond donors (Lipinski definition) is 1. The standard InChI is InChI=1S/C19H18F4N2O3S/c20-15-7-8-16(17(10-15)29(27,28)19(21,22)23)24-11-13-3-5-14(6-4-13)12-25-9-1-2-18(25)26/h3-8,10,24H,1-2,9,11-12H2. The Morgan fingerprint density at radius 3 is 2.28 bits per heavy atom. The summed E-state index contributed by atoms with van der Waals surface area (Å²) in [6.07, 6.45) is 1.38. The zero-order valence-corrected chi connectivity index (χ0v) is 16.0. The molecule has 0 radical (unpaired) electrons. The molecule has 1 aliphatic heterocycles. The zero-order chi connectivity index (χ0) is 21.2. The molecule has 2 aromatic carbocycles. The third-order valence-electron chi connectivity index (χ3n) is 4.59. The van der Waals surface area contributed by atoms with Crippen molar-refractivity contribution in [1.29, 1.82) is 0 Å². The maximum absolute atomic E-state index is 13.4. The van der Waals surface area contributed by atoms with E-state index in [2.05, 4.69) is 5.32 Å². The van der Waals surface area contributed by atoms with E-state index in [-0.39, 0.29) is 18.1 Å². The first-order valence-electron chi connectivity index (χ1n) is 8.78. The SMILES string of the molecule is O=C1CCCN1Cc1ccc(CNc2ccc(F)cc2S(=O)(=O)C(F)(F)F)cc1. The molecule has 2 aromatic rings. The Morgan fingerprint density at radius 1 is 1.03 bits per heavy atom. The summed E-state index contributed by atoms with van der Waals surface area (Å²) in [6.45, 7) is 1.23. The number of anilines is 1. The second-order valence-electron chi connectivity index (χ2n) is 6.68. The number of halogens is 4. The summed E-state index contributed by atoms with van der Waals surface area (Å²) in [5.74, 6) is -0.982. The average molecular weight is 430 g/mol. The van der Waals surface area contributed by atoms with Gasteiger partial charge in [0.2, 0.25) is 5.91 Å². The van der Waals surface area contributed by atoms with Crippen molar-refractivity contribution in [3.05, 3.63) is 59.4 Å². The van der Waals surface area contributed by atoms with Gasteiger partial charge in [0, 0.05) is 26.1 Å². The van der Waals surface area contributed by atoms with Crippen LogP contribution in [0.25, 0.3) is 0 Å². The lowest BCUT2D eigenvalue weighted by molar-refractivity contribution is -0.128. The number of rotatable bonds is 6. The van der Waals surface area contributed by atoms with Crippen LogP contribution in [0.3, 0.4) is 0 Å². The quantitative estimate of drug-likeness (QED) is 0.707. The molecule has 1 amide bonds. The van der Waals surface area contributed by atoms with Gasteiger partial charge < -0.3 is 10.2 Å². The summed E-state index contributed by atoms with van der Waals surface area (Å²) >= 11 is 0. The van der Waals surface area contributed by atoms with Crippen LogP contribution in [0.1, 0.15) is 24.0 Å². The van der Waals surface area contributed by atoms with E-state index in [0.29, 0.717) is 31.1 Å². The summed E-state index contributed by atoms with van der Waals surface area (Å²) < 4.78 is 75.4. The lowest BCUT2D eigenvalue weighted by atomic mass is 10.1. The third-order valence-corrected chi connectivity index (χ3v) is 6.11. The van der Waals surface area contributed by atoms with Crippen LogP contribution in [-0.4, -0.2) is 31.3 Å². The molecule has 156 valence electrons. The van der Waals surface area contributed by atoms with E-state index in [0.717, 1.165) is 24.1 Å². The zero-order valence-electron chi connectivity index (χ0n) is 15.2. The topological polar surface area (TPSA) is 66.5 Å². The van der Waals surface area contributed by atoms with Gasteiger partial charge in [0.25, 0.3) is 9.84 Å². The van der Waals surface area contributed by atoms with E-state index in [4.69, 9.17) is 0 Å². The van der Waals surface area contributed by atoms with Gasteiger partial charge in [-0.25, -0.2) is 12.8 Å². The number of nitrogens with zero attached hydrogens (tertiary/aromatic N) is 1. The van der Waals surface area contributed by atoms with Crippen molar-refractivity contribution >= 4 is 21.4 Å². The van der Waals surface area contributed by atoms with Crippen LogP contribution in [-0.2, 0) is 27.7 Å². The molecule has 1 saturated heterocycles. The highest BCUT2D eigenvalue weighted by atomic mass is 32.2. The summed E-state index contributed by atoms with van der Waals surface area (Å²) in [5, 5.41) is 2.62. The van der Waals surface area contributed by atoms with Crippen LogP contribution in [0.5, 0.6) is 0 Å². The molecule has 1 aliphatic rings. The largest absolute Gasteiger partial charge is 0.501 e. The van der Waals surface area contributed by atoms with E-state index in [1.807, 2.05) is 0 Å². The minimum Gasteiger partial charge on any atom is -0.380 e. The maximum Gasteiger partial charge on any atom is 0.501 e. The first kappa shape index (κ1) is 21.1. The Morgan fingerprint density at radius 2 is 1.69 bits per heavy atom. The molecule has 0 atom stereocenters. The molecular weight excluding hydrogens is 412 g/mol. The number of likely N-dealkylation sites (tertiary alicyclic amines) is 1. The van der Waals surface area contributed by atoms with Crippen molar-refractivity contribution in [3.63, 3.8) is 0 Å². The highest BCUT2D eigenvalue weighted by molar-refractivity contribution is 7.92. The molecule has 0 aliphatic carbocycles. The second kappa shape index (κ2) is 8.02. The molecule has 0 spiro atoms. The molecule has 5 nitrogen and oxygen atoms in total. The molecule has 1 fully saturated rings. The first-order valence-corrected chi connectivity index (χ1v) is 10.3. The Kier molecular flexibility index (Phi) is 5.83. The van der Waals surface area contributed by atoms with E-state index in [9.17, 15) is 30.8 Å². The van der Waals surface area contributed by atoms with Crippen LogP contribution in [0.4, 0.5) is 23.2 Å². The van der Waals surface area contributed by atoms with Crippen LogP contribution in [0, 0.1) is 5.82 Å². The number of hydrogen-bond acceptors (Lipinski definition) is 4. The highest BCUT2D eigenvalue weighted by Crippen LogP contribution is 2.35. The molecule has 0 unspecified atom stereocenters. The Bertz CT molecular complexity index is 1010. The van der Waals surface area contributed by atoms with Gasteiger partial charge in [0.1, 0.15) is 10.7 Å². The third kappa shape index (κ3) is 4.69. The normalized spacial score (nSPS) is 15.0. The second-order valence-corrected chi connectivity index (χ2v) is 8.59. The van der Waals surface area contributed by atoms with Crippen LogP contribution in [0.15, 0.2) is 47.4 Å². The number of amides is 1. The van der Waals surface area contributed by atoms with E-state index < -0.39 is 26.1 Å². The fourth-order valence-electron chi connectivity index (χ4n) is 3.04. The Hall–Kier alpha value is -2.62. The van der Waals surface area contributed by atoms with Crippen LogP contribution in [0.2, 0.25) is 0 Å². The number of nitrogens with one attached hydrogen (secondary N) is 1. The van der Waals surface area contributed by atoms with Gasteiger partial charge in [0.15, 0.2) is 0 Å². The van der Waals surface area contributed by atoms with E-state index in [1.165, 1.54) is 0 Å². The summed E-state index contributed by atoms with van der Waals surface area (Å²) in [5.41, 5.74) is -4.28. The van der Waals surface area contributed by atoms with Gasteiger partial charge in [-0.15, -0.1) is 0 Å². The number of benzene rings is 2. The minimum absolute atomic E-state index is 0.0366. The molecule has 29 heavy (non-hydrogen) atoms. The highest BCUT2D eigenvalue weighted by Gasteiger charge is 2.48.